The van der Waals surface area contributed by atoms with Gasteiger partial charge in [0.1, 0.15) is 5.82 Å². The number of anilines is 2. The molecule has 1 saturated heterocycles. The fourth-order valence-electron chi connectivity index (χ4n) is 3.38. The van der Waals surface area contributed by atoms with Crippen molar-refractivity contribution in [3.05, 3.63) is 35.8 Å². The number of hydrogen-bond donors (Lipinski definition) is 1. The highest BCUT2D eigenvalue weighted by molar-refractivity contribution is 7.20. The lowest BCUT2D eigenvalue weighted by Gasteiger charge is -2.31. The van der Waals surface area contributed by atoms with Gasteiger partial charge in [-0.05, 0) is 31.9 Å². The molecule has 0 saturated carbocycles. The Morgan fingerprint density at radius 1 is 1.29 bits per heavy atom. The molecule has 4 heterocycles. The predicted molar refractivity (Wildman–Crippen MR) is 112 cm³/mol. The number of amides is 1. The van der Waals surface area contributed by atoms with Gasteiger partial charge in [-0.1, -0.05) is 38.2 Å². The Morgan fingerprint density at radius 2 is 2.11 bits per heavy atom. The zero-order chi connectivity index (χ0) is 19.9. The molecule has 3 aromatic heterocycles. The Labute approximate surface area is 168 Å². The minimum atomic E-state index is -0.0718. The van der Waals surface area contributed by atoms with Crippen LogP contribution in [0, 0.1) is 12.8 Å². The standard InChI is InChI=1S/C20H26N6OS/c1-13-7-5-9-16(21-13)23-17(27)14-8-6-10-25(11-14)19-24-26-12-15(20(2,3)4)22-18(26)28-19/h5,7,9,12,14H,6,8,10-11H2,1-4H3,(H,21,23,27). The van der Waals surface area contributed by atoms with E-state index in [4.69, 9.17) is 10.1 Å². The molecule has 1 fully saturated rings. The smallest absolute Gasteiger partial charge is 0.230 e. The summed E-state index contributed by atoms with van der Waals surface area (Å²) in [6.07, 6.45) is 3.85. The Morgan fingerprint density at radius 3 is 2.82 bits per heavy atom. The van der Waals surface area contributed by atoms with Gasteiger partial charge < -0.3 is 10.2 Å². The molecule has 0 radical (unpaired) electrons. The van der Waals surface area contributed by atoms with E-state index in [2.05, 4.69) is 36.0 Å². The number of imidazole rings is 1. The van der Waals surface area contributed by atoms with E-state index in [0.29, 0.717) is 12.4 Å². The van der Waals surface area contributed by atoms with Crippen molar-refractivity contribution in [1.29, 1.82) is 0 Å². The van der Waals surface area contributed by atoms with Crippen molar-refractivity contribution in [3.8, 4) is 0 Å². The van der Waals surface area contributed by atoms with Crippen LogP contribution in [0.15, 0.2) is 24.4 Å². The third-order valence-corrected chi connectivity index (χ3v) is 5.99. The molecule has 0 bridgehead atoms. The number of aryl methyl sites for hydroxylation is 1. The van der Waals surface area contributed by atoms with Crippen molar-refractivity contribution in [2.45, 2.75) is 46.0 Å². The molecular formula is C20H26N6OS. The van der Waals surface area contributed by atoms with E-state index in [9.17, 15) is 4.79 Å². The van der Waals surface area contributed by atoms with E-state index in [-0.39, 0.29) is 17.2 Å². The average Bonchev–Trinajstić information content (AvgIpc) is 3.21. The van der Waals surface area contributed by atoms with Gasteiger partial charge in [0.25, 0.3) is 0 Å². The topological polar surface area (TPSA) is 75.4 Å². The Kier molecular flexibility index (Phi) is 4.82. The average molecular weight is 399 g/mol. The van der Waals surface area contributed by atoms with Crippen LogP contribution in [-0.4, -0.2) is 38.6 Å². The summed E-state index contributed by atoms with van der Waals surface area (Å²) in [5, 5.41) is 8.60. The molecule has 8 heteroatoms. The van der Waals surface area contributed by atoms with Crippen molar-refractivity contribution in [1.82, 2.24) is 19.6 Å². The highest BCUT2D eigenvalue weighted by Crippen LogP contribution is 2.30. The molecule has 0 spiro atoms. The number of nitrogens with zero attached hydrogens (tertiary/aromatic N) is 5. The van der Waals surface area contributed by atoms with E-state index < -0.39 is 0 Å². The number of fused-ring (bicyclic) bond motifs is 1. The molecule has 3 aromatic rings. The summed E-state index contributed by atoms with van der Waals surface area (Å²) in [4.78, 5) is 24.9. The van der Waals surface area contributed by atoms with Gasteiger partial charge in [-0.2, -0.15) is 0 Å². The molecule has 1 aliphatic rings. The molecule has 0 aliphatic carbocycles. The highest BCUT2D eigenvalue weighted by atomic mass is 32.1. The molecule has 1 aliphatic heterocycles. The maximum absolute atomic E-state index is 12.7. The fraction of sp³-hybridized carbons (Fsp3) is 0.500. The van der Waals surface area contributed by atoms with Crippen molar-refractivity contribution >= 4 is 33.2 Å². The van der Waals surface area contributed by atoms with E-state index in [1.165, 1.54) is 0 Å². The van der Waals surface area contributed by atoms with Crippen LogP contribution in [0.5, 0.6) is 0 Å². The number of pyridine rings is 1. The summed E-state index contributed by atoms with van der Waals surface area (Å²) < 4.78 is 1.86. The van der Waals surface area contributed by atoms with Crippen molar-refractivity contribution < 1.29 is 4.79 Å². The van der Waals surface area contributed by atoms with Gasteiger partial charge in [-0.15, -0.1) is 5.10 Å². The van der Waals surface area contributed by atoms with Crippen LogP contribution in [0.3, 0.4) is 0 Å². The number of carbonyl (C=O) groups is 1. The van der Waals surface area contributed by atoms with E-state index in [1.54, 1.807) is 11.3 Å². The SMILES string of the molecule is Cc1cccc(NC(=O)C2CCCN(c3nn4cc(C(C)(C)C)nc4s3)C2)n1. The molecule has 148 valence electrons. The summed E-state index contributed by atoms with van der Waals surface area (Å²) in [6.45, 7) is 9.95. The first kappa shape index (κ1) is 18.9. The Bertz CT molecular complexity index is 970. The second-order valence-corrected chi connectivity index (χ2v) is 9.36. The second-order valence-electron chi connectivity index (χ2n) is 8.43. The van der Waals surface area contributed by atoms with E-state index >= 15 is 0 Å². The van der Waals surface area contributed by atoms with Gasteiger partial charge in [-0.3, -0.25) is 4.79 Å². The Hall–Kier alpha value is -2.48. The monoisotopic (exact) mass is 398 g/mol. The van der Waals surface area contributed by atoms with Gasteiger partial charge in [-0.25, -0.2) is 14.5 Å². The predicted octanol–water partition coefficient (Wildman–Crippen LogP) is 3.65. The molecule has 4 rings (SSSR count). The maximum Gasteiger partial charge on any atom is 0.230 e. The van der Waals surface area contributed by atoms with Gasteiger partial charge in [0.05, 0.1) is 17.8 Å². The zero-order valence-electron chi connectivity index (χ0n) is 16.8. The lowest BCUT2D eigenvalue weighted by atomic mass is 9.93. The Balaban J connectivity index is 1.46. The van der Waals surface area contributed by atoms with Gasteiger partial charge in [0.15, 0.2) is 0 Å². The molecule has 1 amide bonds. The fourth-order valence-corrected chi connectivity index (χ4v) is 4.30. The first-order valence-corrected chi connectivity index (χ1v) is 10.5. The molecule has 1 unspecified atom stereocenters. The third-order valence-electron chi connectivity index (χ3n) is 5.00. The van der Waals surface area contributed by atoms with Crippen LogP contribution in [0.1, 0.15) is 45.0 Å². The van der Waals surface area contributed by atoms with Crippen molar-refractivity contribution in [2.24, 2.45) is 5.92 Å². The van der Waals surface area contributed by atoms with Crippen LogP contribution in [-0.2, 0) is 10.2 Å². The number of nitrogens with one attached hydrogen (secondary N) is 1. The summed E-state index contributed by atoms with van der Waals surface area (Å²) in [7, 11) is 0. The van der Waals surface area contributed by atoms with Gasteiger partial charge in [0.2, 0.25) is 16.0 Å². The van der Waals surface area contributed by atoms with E-state index in [1.807, 2.05) is 35.8 Å². The van der Waals surface area contributed by atoms with Crippen LogP contribution in [0.4, 0.5) is 10.9 Å². The lowest BCUT2D eigenvalue weighted by molar-refractivity contribution is -0.120. The minimum Gasteiger partial charge on any atom is -0.346 e. The molecule has 7 nitrogen and oxygen atoms in total. The van der Waals surface area contributed by atoms with Crippen LogP contribution < -0.4 is 10.2 Å². The van der Waals surface area contributed by atoms with E-state index in [0.717, 1.165) is 40.9 Å². The summed E-state index contributed by atoms with van der Waals surface area (Å²) >= 11 is 1.58. The molecule has 0 aromatic carbocycles. The number of aromatic nitrogens is 4. The summed E-state index contributed by atoms with van der Waals surface area (Å²) in [5.74, 6) is 0.570. The quantitative estimate of drug-likeness (QED) is 0.729. The third kappa shape index (κ3) is 3.87. The van der Waals surface area contributed by atoms with Crippen LogP contribution in [0.25, 0.3) is 4.96 Å². The minimum absolute atomic E-state index is 0.00567. The number of hydrogen-bond acceptors (Lipinski definition) is 6. The normalized spacial score (nSPS) is 17.9. The molecule has 1 atom stereocenters. The van der Waals surface area contributed by atoms with Crippen molar-refractivity contribution in [3.63, 3.8) is 0 Å². The largest absolute Gasteiger partial charge is 0.346 e. The second kappa shape index (κ2) is 7.16. The lowest BCUT2D eigenvalue weighted by Crippen LogP contribution is -2.40. The van der Waals surface area contributed by atoms with Crippen LogP contribution >= 0.6 is 11.3 Å². The van der Waals surface area contributed by atoms with Crippen molar-refractivity contribution in [2.75, 3.05) is 23.3 Å². The number of piperidine rings is 1. The molecule has 28 heavy (non-hydrogen) atoms. The van der Waals surface area contributed by atoms with Crippen LogP contribution in [0.2, 0.25) is 0 Å². The summed E-state index contributed by atoms with van der Waals surface area (Å²) in [6, 6.07) is 5.65. The summed E-state index contributed by atoms with van der Waals surface area (Å²) in [5.41, 5.74) is 1.94. The van der Waals surface area contributed by atoms with Gasteiger partial charge >= 0.3 is 0 Å². The number of rotatable bonds is 3. The first-order chi connectivity index (χ1) is 13.3. The zero-order valence-corrected chi connectivity index (χ0v) is 17.6. The first-order valence-electron chi connectivity index (χ1n) is 9.66. The van der Waals surface area contributed by atoms with Gasteiger partial charge in [0, 0.05) is 24.2 Å². The molecule has 1 N–H and O–H groups in total. The number of carbonyl (C=O) groups excluding carboxylic acids is 1. The molecular weight excluding hydrogens is 372 g/mol. The maximum atomic E-state index is 12.7. The highest BCUT2D eigenvalue weighted by Gasteiger charge is 2.28.